The number of carbonyl (C=O) groups excluding carboxylic acids is 1. The van der Waals surface area contributed by atoms with E-state index < -0.39 is 0 Å². The Labute approximate surface area is 89.2 Å². The van der Waals surface area contributed by atoms with Crippen molar-refractivity contribution in [1.82, 2.24) is 0 Å². The summed E-state index contributed by atoms with van der Waals surface area (Å²) in [5.41, 5.74) is 0.658. The molecule has 68 valence electrons. The first-order valence-corrected chi connectivity index (χ1v) is 4.84. The first-order valence-electron chi connectivity index (χ1n) is 3.76. The van der Waals surface area contributed by atoms with Gasteiger partial charge in [0.15, 0.2) is 6.61 Å². The molecule has 1 aliphatic heterocycles. The lowest BCUT2D eigenvalue weighted by Crippen LogP contribution is -1.98. The van der Waals surface area contributed by atoms with Gasteiger partial charge in [0.25, 0.3) is 0 Å². The van der Waals surface area contributed by atoms with Crippen molar-refractivity contribution in [2.75, 3.05) is 13.7 Å². The summed E-state index contributed by atoms with van der Waals surface area (Å²) in [4.78, 5) is 11.2. The summed E-state index contributed by atoms with van der Waals surface area (Å²) in [6, 6.07) is 3.53. The van der Waals surface area contributed by atoms with E-state index in [0.717, 1.165) is 9.32 Å². The zero-order valence-corrected chi connectivity index (χ0v) is 9.12. The standard InChI is InChI=1S/C9H7IO3/c1-12-7-3-2-5-6(11)4-13-9(5)8(7)10/h2-3H,4H2,1H3. The van der Waals surface area contributed by atoms with Gasteiger partial charge in [0.2, 0.25) is 5.78 Å². The topological polar surface area (TPSA) is 35.5 Å². The maximum absolute atomic E-state index is 11.2. The molecule has 0 saturated carbocycles. The fraction of sp³-hybridized carbons (Fsp3) is 0.222. The van der Waals surface area contributed by atoms with Gasteiger partial charge in [0.1, 0.15) is 11.5 Å². The molecule has 0 radical (unpaired) electrons. The summed E-state index contributed by atoms with van der Waals surface area (Å²) >= 11 is 2.11. The van der Waals surface area contributed by atoms with E-state index in [4.69, 9.17) is 9.47 Å². The van der Waals surface area contributed by atoms with Crippen LogP contribution < -0.4 is 9.47 Å². The number of methoxy groups -OCH3 is 1. The van der Waals surface area contributed by atoms with Crippen molar-refractivity contribution in [2.45, 2.75) is 0 Å². The summed E-state index contributed by atoms with van der Waals surface area (Å²) in [5.74, 6) is 1.44. The molecule has 1 aliphatic rings. The number of carbonyl (C=O) groups is 1. The van der Waals surface area contributed by atoms with Crippen LogP contribution in [0.1, 0.15) is 10.4 Å². The highest BCUT2D eigenvalue weighted by molar-refractivity contribution is 14.1. The number of rotatable bonds is 1. The number of fused-ring (bicyclic) bond motifs is 1. The van der Waals surface area contributed by atoms with Gasteiger partial charge in [-0.05, 0) is 34.7 Å². The average molecular weight is 290 g/mol. The van der Waals surface area contributed by atoms with Crippen molar-refractivity contribution in [1.29, 1.82) is 0 Å². The lowest BCUT2D eigenvalue weighted by Gasteiger charge is -2.05. The third kappa shape index (κ3) is 1.29. The Morgan fingerprint density at radius 1 is 1.54 bits per heavy atom. The minimum atomic E-state index is 0.0376. The molecule has 1 heterocycles. The molecule has 0 N–H and O–H groups in total. The molecule has 1 aromatic carbocycles. The van der Waals surface area contributed by atoms with Crippen molar-refractivity contribution >= 4 is 28.4 Å². The molecule has 0 aromatic heterocycles. The van der Waals surface area contributed by atoms with Crippen LogP contribution in [0.4, 0.5) is 0 Å². The van der Waals surface area contributed by atoms with E-state index in [-0.39, 0.29) is 12.4 Å². The monoisotopic (exact) mass is 290 g/mol. The fourth-order valence-corrected chi connectivity index (χ4v) is 2.12. The van der Waals surface area contributed by atoms with E-state index in [1.54, 1.807) is 19.2 Å². The van der Waals surface area contributed by atoms with Crippen LogP contribution in [-0.4, -0.2) is 19.5 Å². The van der Waals surface area contributed by atoms with E-state index >= 15 is 0 Å². The summed E-state index contributed by atoms with van der Waals surface area (Å²) in [7, 11) is 1.60. The van der Waals surface area contributed by atoms with Crippen LogP contribution in [0.2, 0.25) is 0 Å². The predicted molar refractivity (Wildman–Crippen MR) is 55.5 cm³/mol. The number of hydrogen-bond acceptors (Lipinski definition) is 3. The molecule has 0 atom stereocenters. The summed E-state index contributed by atoms with van der Waals surface area (Å²) in [5, 5.41) is 0. The number of halogens is 1. The second-order valence-electron chi connectivity index (χ2n) is 2.67. The largest absolute Gasteiger partial charge is 0.496 e. The number of ketones is 1. The Hall–Kier alpha value is -0.780. The zero-order chi connectivity index (χ0) is 9.42. The van der Waals surface area contributed by atoms with Crippen LogP contribution in [0.25, 0.3) is 0 Å². The second-order valence-corrected chi connectivity index (χ2v) is 3.75. The minimum absolute atomic E-state index is 0.0376. The van der Waals surface area contributed by atoms with Gasteiger partial charge in [-0.15, -0.1) is 0 Å². The Balaban J connectivity index is 2.60. The molecule has 0 aliphatic carbocycles. The predicted octanol–water partition coefficient (Wildman–Crippen LogP) is 1.87. The highest BCUT2D eigenvalue weighted by atomic mass is 127. The van der Waals surface area contributed by atoms with E-state index in [1.807, 2.05) is 0 Å². The highest BCUT2D eigenvalue weighted by Crippen LogP contribution is 2.36. The van der Waals surface area contributed by atoms with E-state index in [9.17, 15) is 4.79 Å². The molecule has 3 nitrogen and oxygen atoms in total. The van der Waals surface area contributed by atoms with Crippen LogP contribution in [0.5, 0.6) is 11.5 Å². The summed E-state index contributed by atoms with van der Waals surface area (Å²) < 4.78 is 11.2. The minimum Gasteiger partial charge on any atom is -0.496 e. The number of hydrogen-bond donors (Lipinski definition) is 0. The molecular weight excluding hydrogens is 283 g/mol. The first kappa shape index (κ1) is 8.80. The van der Waals surface area contributed by atoms with Gasteiger partial charge in [-0.1, -0.05) is 0 Å². The molecule has 1 aromatic rings. The Morgan fingerprint density at radius 2 is 2.31 bits per heavy atom. The maximum Gasteiger partial charge on any atom is 0.203 e. The van der Waals surface area contributed by atoms with Crippen LogP contribution >= 0.6 is 22.6 Å². The fourth-order valence-electron chi connectivity index (χ4n) is 1.27. The lowest BCUT2D eigenvalue weighted by atomic mass is 10.1. The number of Topliss-reactive ketones (excluding diaryl/α,β-unsaturated/α-hetero) is 1. The zero-order valence-electron chi connectivity index (χ0n) is 6.96. The Bertz CT molecular complexity index is 373. The molecule has 4 heteroatoms. The van der Waals surface area contributed by atoms with Crippen LogP contribution in [-0.2, 0) is 0 Å². The first-order chi connectivity index (χ1) is 6.24. The number of ether oxygens (including phenoxy) is 2. The second kappa shape index (κ2) is 3.17. The van der Waals surface area contributed by atoms with E-state index in [2.05, 4.69) is 22.6 Å². The molecule has 13 heavy (non-hydrogen) atoms. The van der Waals surface area contributed by atoms with Gasteiger partial charge in [-0.25, -0.2) is 0 Å². The van der Waals surface area contributed by atoms with Gasteiger partial charge in [-0.3, -0.25) is 4.79 Å². The Morgan fingerprint density at radius 3 is 3.00 bits per heavy atom. The number of benzene rings is 1. The quantitative estimate of drug-likeness (QED) is 0.741. The highest BCUT2D eigenvalue weighted by Gasteiger charge is 2.24. The molecular formula is C9H7IO3. The molecule has 0 amide bonds. The third-order valence-corrected chi connectivity index (χ3v) is 2.95. The lowest BCUT2D eigenvalue weighted by molar-refractivity contribution is 0.0961. The van der Waals surface area contributed by atoms with Gasteiger partial charge in [0, 0.05) is 0 Å². The van der Waals surface area contributed by atoms with E-state index in [0.29, 0.717) is 11.3 Å². The molecule has 0 spiro atoms. The molecule has 0 unspecified atom stereocenters. The van der Waals surface area contributed by atoms with E-state index in [1.165, 1.54) is 0 Å². The smallest absolute Gasteiger partial charge is 0.203 e. The van der Waals surface area contributed by atoms with Crippen LogP contribution in [0.15, 0.2) is 12.1 Å². The molecule has 0 fully saturated rings. The molecule has 0 saturated heterocycles. The third-order valence-electron chi connectivity index (χ3n) is 1.93. The normalized spacial score (nSPS) is 13.8. The van der Waals surface area contributed by atoms with Gasteiger partial charge < -0.3 is 9.47 Å². The van der Waals surface area contributed by atoms with Gasteiger partial charge in [-0.2, -0.15) is 0 Å². The molecule has 2 rings (SSSR count). The van der Waals surface area contributed by atoms with Gasteiger partial charge in [0.05, 0.1) is 16.2 Å². The van der Waals surface area contributed by atoms with Crippen molar-refractivity contribution in [3.05, 3.63) is 21.3 Å². The van der Waals surface area contributed by atoms with Crippen molar-refractivity contribution in [3.63, 3.8) is 0 Å². The van der Waals surface area contributed by atoms with Crippen molar-refractivity contribution in [3.8, 4) is 11.5 Å². The summed E-state index contributed by atoms with van der Waals surface area (Å²) in [6.07, 6.45) is 0. The maximum atomic E-state index is 11.2. The SMILES string of the molecule is COc1ccc2c(c1I)OCC2=O. The van der Waals surface area contributed by atoms with Crippen molar-refractivity contribution < 1.29 is 14.3 Å². The van der Waals surface area contributed by atoms with Crippen molar-refractivity contribution in [2.24, 2.45) is 0 Å². The molecule has 0 bridgehead atoms. The Kier molecular flexibility index (Phi) is 2.15. The van der Waals surface area contributed by atoms with Gasteiger partial charge >= 0.3 is 0 Å². The average Bonchev–Trinajstić information content (AvgIpc) is 2.50. The summed E-state index contributed by atoms with van der Waals surface area (Å²) in [6.45, 7) is 0.151. The van der Waals surface area contributed by atoms with Crippen LogP contribution in [0, 0.1) is 3.57 Å². The van der Waals surface area contributed by atoms with Crippen LogP contribution in [0.3, 0.4) is 0 Å².